The lowest BCUT2D eigenvalue weighted by Crippen LogP contribution is -2.25. The van der Waals surface area contributed by atoms with E-state index in [1.54, 1.807) is 12.1 Å². The second-order valence-corrected chi connectivity index (χ2v) is 8.18. The number of rotatable bonds is 8. The summed E-state index contributed by atoms with van der Waals surface area (Å²) >= 11 is 1.48. The van der Waals surface area contributed by atoms with Gasteiger partial charge in [0.15, 0.2) is 5.82 Å². The van der Waals surface area contributed by atoms with Crippen LogP contribution in [0.1, 0.15) is 21.7 Å². The van der Waals surface area contributed by atoms with E-state index >= 15 is 0 Å². The highest BCUT2D eigenvalue weighted by atomic mass is 32.2. The molecule has 4 rings (SSSR count). The van der Waals surface area contributed by atoms with E-state index in [9.17, 15) is 4.79 Å². The molecule has 1 amide bonds. The van der Waals surface area contributed by atoms with E-state index in [2.05, 4.69) is 35.8 Å². The molecule has 0 aliphatic rings. The van der Waals surface area contributed by atoms with Crippen molar-refractivity contribution in [1.82, 2.24) is 30.5 Å². The Bertz CT molecular complexity index is 1190. The monoisotopic (exact) mass is 445 g/mol. The van der Waals surface area contributed by atoms with Gasteiger partial charge < -0.3 is 10.6 Å². The Labute approximate surface area is 190 Å². The summed E-state index contributed by atoms with van der Waals surface area (Å²) in [5.74, 6) is 1.76. The van der Waals surface area contributed by atoms with Crippen molar-refractivity contribution < 1.29 is 4.79 Å². The van der Waals surface area contributed by atoms with Crippen molar-refractivity contribution in [3.8, 4) is 11.4 Å². The Kier molecular flexibility index (Phi) is 6.76. The van der Waals surface area contributed by atoms with Crippen LogP contribution < -0.4 is 10.6 Å². The van der Waals surface area contributed by atoms with Gasteiger partial charge in [-0.2, -0.15) is 0 Å². The molecule has 0 saturated heterocycles. The molecule has 3 N–H and O–H groups in total. The number of aromatic nitrogens is 5. The van der Waals surface area contributed by atoms with Gasteiger partial charge in [0.05, 0.1) is 0 Å². The van der Waals surface area contributed by atoms with Gasteiger partial charge in [0.1, 0.15) is 0 Å². The summed E-state index contributed by atoms with van der Waals surface area (Å²) in [5, 5.41) is 13.9. The highest BCUT2D eigenvalue weighted by molar-refractivity contribution is 7.99. The highest BCUT2D eigenvalue weighted by Crippen LogP contribution is 2.19. The van der Waals surface area contributed by atoms with E-state index in [0.717, 1.165) is 28.5 Å². The summed E-state index contributed by atoms with van der Waals surface area (Å²) in [6, 6.07) is 19.0. The largest absolute Gasteiger partial charge is 0.351 e. The predicted octanol–water partition coefficient (Wildman–Crippen LogP) is 4.14. The summed E-state index contributed by atoms with van der Waals surface area (Å²) < 4.78 is 0. The van der Waals surface area contributed by atoms with Gasteiger partial charge in [0.2, 0.25) is 11.1 Å². The Hall–Kier alpha value is -3.72. The van der Waals surface area contributed by atoms with Gasteiger partial charge in [-0.1, -0.05) is 48.2 Å². The van der Waals surface area contributed by atoms with E-state index in [1.165, 1.54) is 11.8 Å². The maximum absolute atomic E-state index is 12.5. The number of amides is 1. The Morgan fingerprint density at radius 3 is 2.53 bits per heavy atom. The molecular formula is C23H23N7OS. The average Bonchev–Trinajstić information content (AvgIpc) is 3.26. The van der Waals surface area contributed by atoms with Crippen molar-refractivity contribution in [3.63, 3.8) is 0 Å². The van der Waals surface area contributed by atoms with Crippen LogP contribution in [0.4, 0.5) is 11.6 Å². The second kappa shape index (κ2) is 10.1. The van der Waals surface area contributed by atoms with Gasteiger partial charge in [-0.3, -0.25) is 9.89 Å². The summed E-state index contributed by atoms with van der Waals surface area (Å²) in [7, 11) is 0. The lowest BCUT2D eigenvalue weighted by atomic mass is 10.2. The number of hydrogen-bond acceptors (Lipinski definition) is 7. The van der Waals surface area contributed by atoms with Crippen LogP contribution in [-0.2, 0) is 0 Å². The standard InChI is InChI=1S/C23H23N7OS/c1-15-13-16(2)26-22(25-15)27-19-10-6-9-18(14-19)21(31)24-11-12-32-23-28-20(29-30-23)17-7-4-3-5-8-17/h3-10,13-14H,11-12H2,1-2H3,(H,24,31)(H,25,26,27)(H,28,29,30). The molecule has 0 unspecified atom stereocenters. The molecule has 0 aliphatic carbocycles. The number of carbonyl (C=O) groups excluding carboxylic acids is 1. The van der Waals surface area contributed by atoms with Crippen LogP contribution in [0, 0.1) is 13.8 Å². The minimum absolute atomic E-state index is 0.143. The summed E-state index contributed by atoms with van der Waals surface area (Å²) in [6.45, 7) is 4.34. The Morgan fingerprint density at radius 2 is 1.75 bits per heavy atom. The van der Waals surface area contributed by atoms with Gasteiger partial charge in [-0.15, -0.1) is 5.10 Å². The van der Waals surface area contributed by atoms with Crippen LogP contribution >= 0.6 is 11.8 Å². The first kappa shape index (κ1) is 21.5. The zero-order valence-electron chi connectivity index (χ0n) is 17.8. The van der Waals surface area contributed by atoms with Crippen LogP contribution in [-0.4, -0.2) is 43.4 Å². The van der Waals surface area contributed by atoms with Crippen molar-refractivity contribution in [2.45, 2.75) is 19.0 Å². The smallest absolute Gasteiger partial charge is 0.251 e. The molecule has 162 valence electrons. The van der Waals surface area contributed by atoms with Crippen molar-refractivity contribution in [1.29, 1.82) is 0 Å². The number of nitrogens with one attached hydrogen (secondary N) is 3. The number of aryl methyl sites for hydroxylation is 2. The molecule has 0 aliphatic heterocycles. The van der Waals surface area contributed by atoms with Crippen LogP contribution in [0.15, 0.2) is 65.8 Å². The van der Waals surface area contributed by atoms with Gasteiger partial charge in [-0.25, -0.2) is 15.0 Å². The summed E-state index contributed by atoms with van der Waals surface area (Å²) in [5.41, 5.74) is 4.07. The fourth-order valence-corrected chi connectivity index (χ4v) is 3.75. The SMILES string of the molecule is Cc1cc(C)nc(Nc2cccc(C(=O)NCCSc3n[nH]c(-c4ccccc4)n3)c2)n1. The van der Waals surface area contributed by atoms with Crippen molar-refractivity contribution >= 4 is 29.3 Å². The van der Waals surface area contributed by atoms with Gasteiger partial charge in [-0.05, 0) is 38.1 Å². The fourth-order valence-electron chi connectivity index (χ4n) is 3.09. The average molecular weight is 446 g/mol. The Morgan fingerprint density at radius 1 is 0.969 bits per heavy atom. The first-order valence-corrected chi connectivity index (χ1v) is 11.1. The predicted molar refractivity (Wildman–Crippen MR) is 126 cm³/mol. The number of aromatic amines is 1. The van der Waals surface area contributed by atoms with E-state index in [4.69, 9.17) is 0 Å². The van der Waals surface area contributed by atoms with Gasteiger partial charge >= 0.3 is 0 Å². The molecule has 0 fully saturated rings. The van der Waals surface area contributed by atoms with Crippen LogP contribution in [0.3, 0.4) is 0 Å². The third-order valence-corrected chi connectivity index (χ3v) is 5.34. The number of anilines is 2. The topological polar surface area (TPSA) is 108 Å². The molecule has 2 aromatic heterocycles. The minimum atomic E-state index is -0.143. The molecule has 0 bridgehead atoms. The second-order valence-electron chi connectivity index (χ2n) is 7.12. The maximum Gasteiger partial charge on any atom is 0.251 e. The van der Waals surface area contributed by atoms with E-state index in [-0.39, 0.29) is 5.91 Å². The van der Waals surface area contributed by atoms with E-state index in [1.807, 2.05) is 62.4 Å². The molecule has 4 aromatic rings. The van der Waals surface area contributed by atoms with Crippen molar-refractivity contribution in [3.05, 3.63) is 77.6 Å². The number of benzene rings is 2. The molecule has 9 heteroatoms. The van der Waals surface area contributed by atoms with E-state index in [0.29, 0.717) is 29.0 Å². The maximum atomic E-state index is 12.5. The molecule has 0 atom stereocenters. The molecule has 0 saturated carbocycles. The molecule has 2 aromatic carbocycles. The van der Waals surface area contributed by atoms with Crippen molar-refractivity contribution in [2.75, 3.05) is 17.6 Å². The number of nitrogens with zero attached hydrogens (tertiary/aromatic N) is 4. The minimum Gasteiger partial charge on any atom is -0.351 e. The molecular weight excluding hydrogens is 422 g/mol. The lowest BCUT2D eigenvalue weighted by Gasteiger charge is -2.09. The van der Waals surface area contributed by atoms with E-state index < -0.39 is 0 Å². The zero-order chi connectivity index (χ0) is 22.3. The number of hydrogen-bond donors (Lipinski definition) is 3. The lowest BCUT2D eigenvalue weighted by molar-refractivity contribution is 0.0956. The van der Waals surface area contributed by atoms with Gasteiger partial charge in [0.25, 0.3) is 5.91 Å². The van der Waals surface area contributed by atoms with Crippen LogP contribution in [0.5, 0.6) is 0 Å². The Balaban J connectivity index is 1.28. The molecule has 8 nitrogen and oxygen atoms in total. The van der Waals surface area contributed by atoms with Crippen LogP contribution in [0.2, 0.25) is 0 Å². The zero-order valence-corrected chi connectivity index (χ0v) is 18.6. The molecule has 2 heterocycles. The number of carbonyl (C=O) groups is 1. The summed E-state index contributed by atoms with van der Waals surface area (Å²) in [4.78, 5) is 25.8. The highest BCUT2D eigenvalue weighted by Gasteiger charge is 2.09. The fraction of sp³-hybridized carbons (Fsp3) is 0.174. The van der Waals surface area contributed by atoms with Crippen molar-refractivity contribution in [2.24, 2.45) is 0 Å². The third kappa shape index (κ3) is 5.70. The van der Waals surface area contributed by atoms with Crippen LogP contribution in [0.25, 0.3) is 11.4 Å². The molecule has 0 radical (unpaired) electrons. The number of thioether (sulfide) groups is 1. The normalized spacial score (nSPS) is 10.7. The molecule has 0 spiro atoms. The van der Waals surface area contributed by atoms with Gasteiger partial charge in [0, 0.05) is 40.5 Å². The quantitative estimate of drug-likeness (QED) is 0.276. The molecule has 32 heavy (non-hydrogen) atoms. The summed E-state index contributed by atoms with van der Waals surface area (Å²) in [6.07, 6.45) is 0. The first-order chi connectivity index (χ1) is 15.6. The first-order valence-electron chi connectivity index (χ1n) is 10.1. The number of H-pyrrole nitrogens is 1. The third-order valence-electron chi connectivity index (χ3n) is 4.49.